The molecule has 9 rings (SSSR count). The third-order valence-electron chi connectivity index (χ3n) is 15.4. The Morgan fingerprint density at radius 2 is 1.67 bits per heavy atom. The summed E-state index contributed by atoms with van der Waals surface area (Å²) in [6.07, 6.45) is 1.50. The molecule has 2 aromatic heterocycles. The molecule has 2 amide bonds. The second-order valence-electron chi connectivity index (χ2n) is 19.8. The molecule has 6 heterocycles. The molecule has 5 aliphatic rings. The van der Waals surface area contributed by atoms with Crippen molar-refractivity contribution in [3.63, 3.8) is 0 Å². The molecule has 66 heavy (non-hydrogen) atoms. The fraction of sp³-hybridized carbons (Fsp3) is 0.587. The first-order chi connectivity index (χ1) is 31.1. The number of likely N-dealkylation sites (tertiary alicyclic amines) is 1. The number of piperidine rings is 4. The first kappa shape index (κ1) is 46.0. The maximum Gasteiger partial charge on any atom is 0.421 e. The molecule has 3 N–H and O–H groups in total. The monoisotopic (exact) mass is 939 g/mol. The Kier molecular flexibility index (Phi) is 11.8. The summed E-state index contributed by atoms with van der Waals surface area (Å²) >= 11 is 0. The lowest BCUT2D eigenvalue weighted by atomic mass is 9.63. The number of aryl methyl sites for hydroxylation is 2. The van der Waals surface area contributed by atoms with E-state index in [-0.39, 0.29) is 59.4 Å². The van der Waals surface area contributed by atoms with E-state index in [1.807, 2.05) is 11.8 Å². The van der Waals surface area contributed by atoms with Crippen molar-refractivity contribution >= 4 is 55.8 Å². The highest BCUT2D eigenvalue weighted by Gasteiger charge is 2.51. The molecule has 20 heteroatoms. The van der Waals surface area contributed by atoms with Crippen molar-refractivity contribution in [2.75, 3.05) is 60.9 Å². The number of imide groups is 1. The van der Waals surface area contributed by atoms with Crippen LogP contribution >= 0.6 is 0 Å². The number of anilines is 4. The van der Waals surface area contributed by atoms with E-state index in [4.69, 9.17) is 0 Å². The number of halogens is 4. The summed E-state index contributed by atoms with van der Waals surface area (Å²) in [5.74, 6) is -1.55. The number of alkyl halides is 3. The quantitative estimate of drug-likeness (QED) is 0.135. The van der Waals surface area contributed by atoms with E-state index in [9.17, 15) is 41.1 Å². The lowest BCUT2D eigenvalue weighted by Gasteiger charge is -2.52. The maximum atomic E-state index is 16.2. The molecule has 1 spiro atoms. The second kappa shape index (κ2) is 16.9. The minimum Gasteiger partial charge on any atom is -0.388 e. The number of benzene rings is 2. The van der Waals surface area contributed by atoms with Gasteiger partial charge in [-0.1, -0.05) is 6.92 Å². The molecule has 5 fully saturated rings. The van der Waals surface area contributed by atoms with Crippen molar-refractivity contribution in [3.8, 4) is 0 Å². The number of sulfone groups is 1. The van der Waals surface area contributed by atoms with Crippen molar-refractivity contribution in [2.45, 2.75) is 107 Å². The molecule has 2 aromatic carbocycles. The van der Waals surface area contributed by atoms with Gasteiger partial charge in [-0.25, -0.2) is 22.6 Å². The SMILES string of the molecule is Cc1cc(S(=O)(=O)C2CC3(CCN(CC4CCN(c5ccc6c(c5F)n(C)c(=O)n6C5CCC(=O)NC5=O)CC4)CC3)C2)ccc1Nc1ncc(C(F)(F)F)c(N2CC[C@@H](C)[C@@](C)(O)C2)n1. The van der Waals surface area contributed by atoms with Gasteiger partial charge in [-0.15, -0.1) is 0 Å². The van der Waals surface area contributed by atoms with E-state index in [1.165, 1.54) is 27.1 Å². The van der Waals surface area contributed by atoms with Crippen LogP contribution in [0.3, 0.4) is 0 Å². The van der Waals surface area contributed by atoms with E-state index in [2.05, 4.69) is 25.5 Å². The zero-order valence-electron chi connectivity index (χ0n) is 37.6. The van der Waals surface area contributed by atoms with Crippen LogP contribution in [-0.4, -0.2) is 106 Å². The molecule has 15 nitrogen and oxygen atoms in total. The maximum absolute atomic E-state index is 16.2. The van der Waals surface area contributed by atoms with Gasteiger partial charge in [0, 0.05) is 58.1 Å². The average molecular weight is 940 g/mol. The number of aliphatic hydroxyl groups is 1. The van der Waals surface area contributed by atoms with E-state index >= 15 is 4.39 Å². The molecule has 1 aliphatic carbocycles. The Hall–Kier alpha value is -5.08. The Balaban J connectivity index is 0.774. The molecular formula is C46H57F4N9O6S. The summed E-state index contributed by atoms with van der Waals surface area (Å²) in [4.78, 5) is 51.9. The number of hydrogen-bond donors (Lipinski definition) is 3. The van der Waals surface area contributed by atoms with Crippen LogP contribution in [0, 0.1) is 30.0 Å². The Morgan fingerprint density at radius 1 is 0.970 bits per heavy atom. The number of rotatable bonds is 9. The van der Waals surface area contributed by atoms with E-state index < -0.39 is 61.8 Å². The summed E-state index contributed by atoms with van der Waals surface area (Å²) in [5.41, 5.74) is -0.852. The fourth-order valence-electron chi connectivity index (χ4n) is 11.0. The number of β-amino-alcohol motifs (C(OH)–C–C–N with tert-alkyl or cyclic N) is 1. The van der Waals surface area contributed by atoms with Gasteiger partial charge in [0.15, 0.2) is 15.7 Å². The van der Waals surface area contributed by atoms with Crippen LogP contribution in [0.15, 0.2) is 46.2 Å². The standard InChI is InChI=1S/C46H57F4N9O6S/c1-27-21-30(5-6-33(27)52-42-51-24-32(46(48,49)50)40(54-42)58-16-11-28(2)44(3,63)26-58)66(64,65)31-22-45(23-31)14-19-56(20-15-45)25-29-12-17-57(18-13-29)34-7-8-35-39(38(34)47)55(4)43(62)59(35)36-9-10-37(60)53-41(36)61/h5-8,21,24,28-29,31,36,63H,9-20,22-23,25-26H2,1-4H3,(H,51,52,54)(H,53,60,61)/t28-,36?,44+/m1/s1. The lowest BCUT2D eigenvalue weighted by Crippen LogP contribution is -2.52. The van der Waals surface area contributed by atoms with Crippen molar-refractivity contribution in [1.29, 1.82) is 0 Å². The highest BCUT2D eigenvalue weighted by Crippen LogP contribution is 2.53. The van der Waals surface area contributed by atoms with Gasteiger partial charge < -0.3 is 25.1 Å². The number of carbonyl (C=O) groups excluding carboxylic acids is 2. The Bertz CT molecular complexity index is 2730. The van der Waals surface area contributed by atoms with Gasteiger partial charge >= 0.3 is 11.9 Å². The van der Waals surface area contributed by atoms with Crippen LogP contribution in [0.5, 0.6) is 0 Å². The molecule has 1 saturated carbocycles. The summed E-state index contributed by atoms with van der Waals surface area (Å²) < 4.78 is 88.7. The van der Waals surface area contributed by atoms with Gasteiger partial charge in [0.1, 0.15) is 22.9 Å². The predicted octanol–water partition coefficient (Wildman–Crippen LogP) is 5.85. The molecule has 3 atom stereocenters. The van der Waals surface area contributed by atoms with Gasteiger partial charge in [0.05, 0.1) is 27.0 Å². The lowest BCUT2D eigenvalue weighted by molar-refractivity contribution is -0.138. The topological polar surface area (TPSA) is 175 Å². The van der Waals surface area contributed by atoms with E-state index in [0.717, 1.165) is 51.5 Å². The van der Waals surface area contributed by atoms with Crippen LogP contribution in [0.25, 0.3) is 11.0 Å². The minimum absolute atomic E-state index is 0.0220. The fourth-order valence-corrected chi connectivity index (χ4v) is 13.1. The number of fused-ring (bicyclic) bond motifs is 1. The van der Waals surface area contributed by atoms with Crippen molar-refractivity contribution in [1.82, 2.24) is 29.3 Å². The van der Waals surface area contributed by atoms with Crippen molar-refractivity contribution in [2.24, 2.45) is 24.3 Å². The molecule has 4 aromatic rings. The van der Waals surface area contributed by atoms with E-state index in [1.54, 1.807) is 38.1 Å². The molecule has 0 radical (unpaired) electrons. The zero-order valence-corrected chi connectivity index (χ0v) is 38.4. The van der Waals surface area contributed by atoms with E-state index in [0.29, 0.717) is 60.7 Å². The number of carbonyl (C=O) groups is 2. The third kappa shape index (κ3) is 8.45. The molecule has 0 bridgehead atoms. The molecule has 4 saturated heterocycles. The predicted molar refractivity (Wildman–Crippen MR) is 240 cm³/mol. The summed E-state index contributed by atoms with van der Waals surface area (Å²) in [6.45, 7) is 9.42. The number of hydrogen-bond acceptors (Lipinski definition) is 12. The van der Waals surface area contributed by atoms with Crippen LogP contribution in [0.4, 0.5) is 40.7 Å². The molecule has 1 unspecified atom stereocenters. The van der Waals surface area contributed by atoms with Gasteiger partial charge in [-0.3, -0.25) is 24.0 Å². The smallest absolute Gasteiger partial charge is 0.388 e. The third-order valence-corrected chi connectivity index (χ3v) is 17.5. The second-order valence-corrected chi connectivity index (χ2v) is 22.0. The molecule has 356 valence electrons. The van der Waals surface area contributed by atoms with Crippen LogP contribution < -0.4 is 26.1 Å². The van der Waals surface area contributed by atoms with Crippen LogP contribution in [0.1, 0.15) is 88.8 Å². The molecule has 4 aliphatic heterocycles. The highest BCUT2D eigenvalue weighted by atomic mass is 32.2. The van der Waals surface area contributed by atoms with Gasteiger partial charge in [0.25, 0.3) is 0 Å². The Morgan fingerprint density at radius 3 is 2.32 bits per heavy atom. The number of imidazole rings is 1. The zero-order chi connectivity index (χ0) is 47.1. The minimum atomic E-state index is -4.71. The normalized spacial score (nSPS) is 24.8. The largest absolute Gasteiger partial charge is 0.421 e. The Labute approximate surface area is 380 Å². The number of aromatic nitrogens is 4. The average Bonchev–Trinajstić information content (AvgIpc) is 3.50. The first-order valence-corrected chi connectivity index (χ1v) is 24.4. The first-order valence-electron chi connectivity index (χ1n) is 22.9. The molecular weight excluding hydrogens is 883 g/mol. The highest BCUT2D eigenvalue weighted by molar-refractivity contribution is 7.92. The number of amides is 2. The number of nitrogens with zero attached hydrogens (tertiary/aromatic N) is 7. The van der Waals surface area contributed by atoms with Gasteiger partial charge in [-0.05, 0) is 131 Å². The van der Waals surface area contributed by atoms with Crippen molar-refractivity contribution in [3.05, 3.63) is 64.0 Å². The summed E-state index contributed by atoms with van der Waals surface area (Å²) in [5, 5.41) is 15.6. The van der Waals surface area contributed by atoms with Crippen molar-refractivity contribution < 1.29 is 40.7 Å². The van der Waals surface area contributed by atoms with Crippen LogP contribution in [0.2, 0.25) is 0 Å². The number of nitrogens with one attached hydrogen (secondary N) is 2. The van der Waals surface area contributed by atoms with Crippen LogP contribution in [-0.2, 0) is 32.7 Å². The van der Waals surface area contributed by atoms with Gasteiger partial charge in [0.2, 0.25) is 17.8 Å². The van der Waals surface area contributed by atoms with Gasteiger partial charge in [-0.2, -0.15) is 18.2 Å². The summed E-state index contributed by atoms with van der Waals surface area (Å²) in [6, 6.07) is 7.16. The summed E-state index contributed by atoms with van der Waals surface area (Å²) in [7, 11) is -2.16.